The van der Waals surface area contributed by atoms with Gasteiger partial charge >= 0.3 is 0 Å². The highest BCUT2D eigenvalue weighted by Crippen LogP contribution is 2.28. The van der Waals surface area contributed by atoms with Gasteiger partial charge in [0, 0.05) is 35.5 Å². The van der Waals surface area contributed by atoms with Crippen molar-refractivity contribution in [2.24, 2.45) is 0 Å². The van der Waals surface area contributed by atoms with Crippen LogP contribution in [0, 0.1) is 0 Å². The monoisotopic (exact) mass is 256 g/mol. The minimum absolute atomic E-state index is 0.187. The third-order valence-electron chi connectivity index (χ3n) is 3.94. The lowest BCUT2D eigenvalue weighted by atomic mass is 9.91. The molecule has 19 heavy (non-hydrogen) atoms. The molecule has 1 atom stereocenters. The third-order valence-corrected chi connectivity index (χ3v) is 3.94. The highest BCUT2D eigenvalue weighted by molar-refractivity contribution is 5.85. The zero-order chi connectivity index (χ0) is 13.2. The quantitative estimate of drug-likeness (QED) is 0.871. The number of carbonyl (C=O) groups is 1. The number of amides is 1. The van der Waals surface area contributed by atoms with Gasteiger partial charge in [0.1, 0.15) is 0 Å². The first-order valence-corrected chi connectivity index (χ1v) is 7.15. The molecule has 1 heterocycles. The number of fused-ring (bicyclic) bond motifs is 3. The molecule has 1 aromatic heterocycles. The van der Waals surface area contributed by atoms with Crippen molar-refractivity contribution in [2.75, 3.05) is 0 Å². The Balaban J connectivity index is 1.78. The van der Waals surface area contributed by atoms with Crippen LogP contribution >= 0.6 is 0 Å². The maximum atomic E-state index is 11.7. The van der Waals surface area contributed by atoms with Crippen molar-refractivity contribution in [3.8, 4) is 0 Å². The molecule has 0 fully saturated rings. The normalized spacial score (nSPS) is 18.3. The van der Waals surface area contributed by atoms with Crippen LogP contribution in [0.25, 0.3) is 10.9 Å². The molecule has 1 unspecified atom stereocenters. The number of H-pyrrole nitrogens is 1. The van der Waals surface area contributed by atoms with Crippen molar-refractivity contribution >= 4 is 16.8 Å². The van der Waals surface area contributed by atoms with Gasteiger partial charge in [0.05, 0.1) is 0 Å². The second-order valence-corrected chi connectivity index (χ2v) is 5.38. The van der Waals surface area contributed by atoms with Crippen LogP contribution in [-0.4, -0.2) is 16.9 Å². The Hall–Kier alpha value is -1.77. The molecule has 2 aromatic rings. The van der Waals surface area contributed by atoms with E-state index in [1.807, 2.05) is 6.92 Å². The molecule has 1 aromatic carbocycles. The number of benzene rings is 1. The molecule has 1 aliphatic carbocycles. The first-order chi connectivity index (χ1) is 9.28. The molecule has 1 amide bonds. The summed E-state index contributed by atoms with van der Waals surface area (Å²) < 4.78 is 0. The minimum Gasteiger partial charge on any atom is -0.358 e. The number of nitrogens with one attached hydrogen (secondary N) is 2. The van der Waals surface area contributed by atoms with E-state index in [9.17, 15) is 4.79 Å². The largest absolute Gasteiger partial charge is 0.358 e. The molecule has 0 radical (unpaired) electrons. The summed E-state index contributed by atoms with van der Waals surface area (Å²) in [7, 11) is 0. The summed E-state index contributed by atoms with van der Waals surface area (Å²) in [6.07, 6.45) is 4.58. The predicted octanol–water partition coefficient (Wildman–Crippen LogP) is 2.94. The Bertz CT molecular complexity index is 600. The van der Waals surface area contributed by atoms with Crippen LogP contribution in [-0.2, 0) is 17.6 Å². The molecule has 3 nitrogen and oxygen atoms in total. The van der Waals surface area contributed by atoms with Crippen molar-refractivity contribution in [3.05, 3.63) is 35.5 Å². The molecule has 0 bridgehead atoms. The fraction of sp³-hybridized carbons (Fsp3) is 0.438. The Morgan fingerprint density at radius 3 is 3.11 bits per heavy atom. The Labute approximate surface area is 113 Å². The van der Waals surface area contributed by atoms with Gasteiger partial charge < -0.3 is 10.3 Å². The van der Waals surface area contributed by atoms with Gasteiger partial charge in [-0.2, -0.15) is 0 Å². The summed E-state index contributed by atoms with van der Waals surface area (Å²) in [6.45, 7) is 2.04. The second kappa shape index (κ2) is 5.08. The van der Waals surface area contributed by atoms with Crippen LogP contribution in [0.5, 0.6) is 0 Å². The van der Waals surface area contributed by atoms with E-state index in [0.717, 1.165) is 25.7 Å². The van der Waals surface area contributed by atoms with Crippen LogP contribution < -0.4 is 5.32 Å². The van der Waals surface area contributed by atoms with E-state index < -0.39 is 0 Å². The van der Waals surface area contributed by atoms with Gasteiger partial charge in [0.25, 0.3) is 0 Å². The molecule has 2 N–H and O–H groups in total. The Morgan fingerprint density at radius 2 is 2.26 bits per heavy atom. The molecule has 3 rings (SSSR count). The van der Waals surface area contributed by atoms with Crippen molar-refractivity contribution < 1.29 is 4.79 Å². The maximum absolute atomic E-state index is 11.7. The Morgan fingerprint density at radius 1 is 1.42 bits per heavy atom. The average molecular weight is 256 g/mol. The van der Waals surface area contributed by atoms with Gasteiger partial charge in [0.2, 0.25) is 5.91 Å². The van der Waals surface area contributed by atoms with Crippen LogP contribution in [0.3, 0.4) is 0 Å². The van der Waals surface area contributed by atoms with Crippen molar-refractivity contribution in [2.45, 2.75) is 45.1 Å². The van der Waals surface area contributed by atoms with Crippen LogP contribution in [0.2, 0.25) is 0 Å². The van der Waals surface area contributed by atoms with Gasteiger partial charge in [-0.25, -0.2) is 0 Å². The van der Waals surface area contributed by atoms with E-state index >= 15 is 0 Å². The van der Waals surface area contributed by atoms with E-state index in [0.29, 0.717) is 12.5 Å². The van der Waals surface area contributed by atoms with Gasteiger partial charge in [-0.05, 0) is 30.9 Å². The average Bonchev–Trinajstić information content (AvgIpc) is 2.76. The van der Waals surface area contributed by atoms with E-state index in [4.69, 9.17) is 0 Å². The first-order valence-electron chi connectivity index (χ1n) is 7.15. The van der Waals surface area contributed by atoms with Crippen molar-refractivity contribution in [3.63, 3.8) is 0 Å². The third kappa shape index (κ3) is 2.37. The molecule has 0 spiro atoms. The molecule has 0 saturated heterocycles. The predicted molar refractivity (Wildman–Crippen MR) is 77.2 cm³/mol. The molecule has 3 heteroatoms. The fourth-order valence-corrected chi connectivity index (χ4v) is 3.03. The number of hydrogen-bond donors (Lipinski definition) is 2. The smallest absolute Gasteiger partial charge is 0.220 e. The van der Waals surface area contributed by atoms with Crippen LogP contribution in [0.15, 0.2) is 24.3 Å². The van der Waals surface area contributed by atoms with Crippen LogP contribution in [0.4, 0.5) is 0 Å². The molecule has 100 valence electrons. The number of aryl methyl sites for hydroxylation is 1. The second-order valence-electron chi connectivity index (χ2n) is 5.38. The number of hydrogen-bond acceptors (Lipinski definition) is 1. The zero-order valence-electron chi connectivity index (χ0n) is 11.3. The topological polar surface area (TPSA) is 44.9 Å². The lowest BCUT2D eigenvalue weighted by Gasteiger charge is -2.23. The summed E-state index contributed by atoms with van der Waals surface area (Å²) in [5.41, 5.74) is 3.96. The number of para-hydroxylation sites is 1. The molecule has 0 saturated carbocycles. The van der Waals surface area contributed by atoms with Crippen molar-refractivity contribution in [1.29, 1.82) is 0 Å². The summed E-state index contributed by atoms with van der Waals surface area (Å²) in [5, 5.41) is 4.49. The van der Waals surface area contributed by atoms with Crippen molar-refractivity contribution in [1.82, 2.24) is 10.3 Å². The summed E-state index contributed by atoms with van der Waals surface area (Å²) in [5.74, 6) is 0.187. The standard InChI is InChI=1S/C16H20N2O/c1-2-5-16(19)17-11-8-9-13-12-6-3-4-7-14(12)18-15(13)10-11/h3-4,6-7,11,18H,2,5,8-10H2,1H3,(H,17,19). The summed E-state index contributed by atoms with van der Waals surface area (Å²) in [6, 6.07) is 8.75. The molecule has 1 aliphatic rings. The highest BCUT2D eigenvalue weighted by Gasteiger charge is 2.23. The summed E-state index contributed by atoms with van der Waals surface area (Å²) in [4.78, 5) is 15.2. The van der Waals surface area contributed by atoms with Gasteiger partial charge in [0.15, 0.2) is 0 Å². The lowest BCUT2D eigenvalue weighted by molar-refractivity contribution is -0.121. The molecule has 0 aliphatic heterocycles. The van der Waals surface area contributed by atoms with E-state index in [-0.39, 0.29) is 5.91 Å². The molecular formula is C16H20N2O. The maximum Gasteiger partial charge on any atom is 0.220 e. The molecular weight excluding hydrogens is 236 g/mol. The van der Waals surface area contributed by atoms with E-state index in [1.165, 1.54) is 22.2 Å². The summed E-state index contributed by atoms with van der Waals surface area (Å²) >= 11 is 0. The van der Waals surface area contributed by atoms with Gasteiger partial charge in [-0.1, -0.05) is 25.1 Å². The zero-order valence-corrected chi connectivity index (χ0v) is 11.3. The van der Waals surface area contributed by atoms with Crippen LogP contribution in [0.1, 0.15) is 37.4 Å². The Kier molecular flexibility index (Phi) is 3.28. The van der Waals surface area contributed by atoms with Gasteiger partial charge in [-0.15, -0.1) is 0 Å². The number of aromatic nitrogens is 1. The highest BCUT2D eigenvalue weighted by atomic mass is 16.1. The fourth-order valence-electron chi connectivity index (χ4n) is 3.03. The van der Waals surface area contributed by atoms with Gasteiger partial charge in [-0.3, -0.25) is 4.79 Å². The minimum atomic E-state index is 0.187. The lowest BCUT2D eigenvalue weighted by Crippen LogP contribution is -2.38. The number of carbonyl (C=O) groups excluding carboxylic acids is 1. The number of rotatable bonds is 3. The first kappa shape index (κ1) is 12.3. The van der Waals surface area contributed by atoms with E-state index in [2.05, 4.69) is 34.6 Å². The number of aromatic amines is 1. The van der Waals surface area contributed by atoms with E-state index in [1.54, 1.807) is 0 Å². The SMILES string of the molecule is CCCC(=O)NC1CCc2c([nH]c3ccccc23)C1.